The molecular formula is C20H19F3N6O. The second-order valence-corrected chi connectivity index (χ2v) is 7.15. The van der Waals surface area contributed by atoms with Gasteiger partial charge in [-0.05, 0) is 37.5 Å². The summed E-state index contributed by atoms with van der Waals surface area (Å²) in [6.45, 7) is 1.16. The van der Waals surface area contributed by atoms with Crippen LogP contribution in [0.5, 0.6) is 0 Å². The number of fused-ring (bicyclic) bond motifs is 3. The lowest BCUT2D eigenvalue weighted by Gasteiger charge is -2.27. The zero-order valence-corrected chi connectivity index (χ0v) is 15.9. The number of alkyl halides is 3. The van der Waals surface area contributed by atoms with E-state index in [2.05, 4.69) is 15.2 Å². The number of H-pyrrole nitrogens is 1. The monoisotopic (exact) mass is 416 g/mol. The van der Waals surface area contributed by atoms with Gasteiger partial charge in [-0.25, -0.2) is 4.98 Å². The van der Waals surface area contributed by atoms with Gasteiger partial charge in [0.1, 0.15) is 5.71 Å². The van der Waals surface area contributed by atoms with Gasteiger partial charge in [-0.15, -0.1) is 0 Å². The molecule has 1 amide bonds. The number of hydrogen-bond acceptors (Lipinski definition) is 5. The summed E-state index contributed by atoms with van der Waals surface area (Å²) in [4.78, 5) is 19.3. The maximum absolute atomic E-state index is 13.4. The minimum Gasteiger partial charge on any atom is -0.404 e. The van der Waals surface area contributed by atoms with Gasteiger partial charge in [0.25, 0.3) is 5.91 Å². The van der Waals surface area contributed by atoms with Crippen molar-refractivity contribution < 1.29 is 18.0 Å². The first-order valence-electron chi connectivity index (χ1n) is 9.45. The lowest BCUT2D eigenvalue weighted by Crippen LogP contribution is -2.35. The van der Waals surface area contributed by atoms with Gasteiger partial charge in [0, 0.05) is 35.6 Å². The van der Waals surface area contributed by atoms with Gasteiger partial charge in [-0.3, -0.25) is 15.3 Å². The summed E-state index contributed by atoms with van der Waals surface area (Å²) in [6, 6.07) is 4.60. The van der Waals surface area contributed by atoms with Crippen molar-refractivity contribution in [2.45, 2.75) is 25.4 Å². The van der Waals surface area contributed by atoms with Crippen molar-refractivity contribution in [2.24, 2.45) is 5.73 Å². The molecule has 1 aliphatic heterocycles. The van der Waals surface area contributed by atoms with Crippen LogP contribution in [-0.4, -0.2) is 51.0 Å². The minimum atomic E-state index is -4.90. The summed E-state index contributed by atoms with van der Waals surface area (Å²) >= 11 is 0. The Kier molecular flexibility index (Phi) is 4.92. The standard InChI is InChI=1S/C20H19F3N6O/c21-20(22,23)18(25)12(9-24)16-8-11(19(30)29-6-2-1-3-7-29)17-13-10-26-28-14(13)4-5-15(17)27-16/h4-5,8-10,25H,1-3,6-7,24H2,(H,26,28)/b12-9-,25-18?. The smallest absolute Gasteiger partial charge is 0.404 e. The van der Waals surface area contributed by atoms with E-state index >= 15 is 0 Å². The third-order valence-corrected chi connectivity index (χ3v) is 5.26. The molecule has 0 unspecified atom stereocenters. The van der Waals surface area contributed by atoms with Crippen molar-refractivity contribution in [2.75, 3.05) is 13.1 Å². The summed E-state index contributed by atoms with van der Waals surface area (Å²) < 4.78 is 39.5. The molecular weight excluding hydrogens is 397 g/mol. The summed E-state index contributed by atoms with van der Waals surface area (Å²) in [5.74, 6) is -0.285. The first-order chi connectivity index (χ1) is 14.3. The molecule has 7 nitrogen and oxygen atoms in total. The number of pyridine rings is 1. The van der Waals surface area contributed by atoms with E-state index in [1.165, 1.54) is 6.07 Å². The number of carbonyl (C=O) groups is 1. The Balaban J connectivity index is 1.95. The van der Waals surface area contributed by atoms with E-state index in [4.69, 9.17) is 11.1 Å². The first-order valence-corrected chi connectivity index (χ1v) is 9.45. The molecule has 4 N–H and O–H groups in total. The lowest BCUT2D eigenvalue weighted by atomic mass is 9.98. The number of piperidine rings is 1. The Morgan fingerprint density at radius 3 is 2.63 bits per heavy atom. The molecule has 1 saturated heterocycles. The molecule has 2 aromatic heterocycles. The molecule has 0 saturated carbocycles. The zero-order chi connectivity index (χ0) is 21.5. The number of rotatable bonds is 3. The van der Waals surface area contributed by atoms with Crippen LogP contribution in [0.15, 0.2) is 30.6 Å². The van der Waals surface area contributed by atoms with E-state index in [0.29, 0.717) is 41.1 Å². The fraction of sp³-hybridized carbons (Fsp3) is 0.300. The van der Waals surface area contributed by atoms with Crippen LogP contribution in [0.2, 0.25) is 0 Å². The number of nitrogens with zero attached hydrogens (tertiary/aromatic N) is 3. The molecule has 0 radical (unpaired) electrons. The van der Waals surface area contributed by atoms with Crippen molar-refractivity contribution in [1.82, 2.24) is 20.1 Å². The van der Waals surface area contributed by atoms with E-state index in [-0.39, 0.29) is 17.2 Å². The van der Waals surface area contributed by atoms with Crippen LogP contribution in [-0.2, 0) is 0 Å². The molecule has 4 rings (SSSR count). The van der Waals surface area contributed by atoms with E-state index in [0.717, 1.165) is 19.3 Å². The molecule has 156 valence electrons. The van der Waals surface area contributed by atoms with Crippen LogP contribution < -0.4 is 5.73 Å². The predicted octanol–water partition coefficient (Wildman–Crippen LogP) is 3.62. The van der Waals surface area contributed by atoms with Gasteiger partial charge in [-0.2, -0.15) is 18.3 Å². The van der Waals surface area contributed by atoms with Crippen molar-refractivity contribution in [3.63, 3.8) is 0 Å². The van der Waals surface area contributed by atoms with Crippen LogP contribution >= 0.6 is 0 Å². The molecule has 1 aromatic carbocycles. The predicted molar refractivity (Wildman–Crippen MR) is 107 cm³/mol. The number of nitrogens with two attached hydrogens (primary N) is 1. The Morgan fingerprint density at radius 1 is 1.23 bits per heavy atom. The normalized spacial score (nSPS) is 15.7. The Labute approximate surface area is 169 Å². The molecule has 1 aliphatic rings. The molecule has 10 heteroatoms. The summed E-state index contributed by atoms with van der Waals surface area (Å²) in [7, 11) is 0. The fourth-order valence-corrected chi connectivity index (χ4v) is 3.78. The summed E-state index contributed by atoms with van der Waals surface area (Å²) in [6.07, 6.45) is 0.137. The number of amides is 1. The van der Waals surface area contributed by atoms with Gasteiger partial charge in [0.15, 0.2) is 0 Å². The average molecular weight is 416 g/mol. The third kappa shape index (κ3) is 3.38. The second kappa shape index (κ2) is 7.43. The second-order valence-electron chi connectivity index (χ2n) is 7.15. The zero-order valence-electron chi connectivity index (χ0n) is 15.9. The number of likely N-dealkylation sites (tertiary alicyclic amines) is 1. The number of allylic oxidation sites excluding steroid dienone is 1. The quantitative estimate of drug-likeness (QED) is 0.566. The molecule has 0 spiro atoms. The first kappa shape index (κ1) is 19.9. The maximum atomic E-state index is 13.4. The van der Waals surface area contributed by atoms with E-state index < -0.39 is 17.5 Å². The van der Waals surface area contributed by atoms with Gasteiger partial charge < -0.3 is 10.6 Å². The molecule has 0 aliphatic carbocycles. The van der Waals surface area contributed by atoms with E-state index in [1.54, 1.807) is 23.2 Å². The molecule has 1 fully saturated rings. The lowest BCUT2D eigenvalue weighted by molar-refractivity contribution is -0.0578. The van der Waals surface area contributed by atoms with Gasteiger partial charge in [0.05, 0.1) is 28.5 Å². The Bertz CT molecular complexity index is 1170. The minimum absolute atomic E-state index is 0.171. The van der Waals surface area contributed by atoms with Crippen molar-refractivity contribution in [3.05, 3.63) is 41.9 Å². The number of nitrogens with one attached hydrogen (secondary N) is 2. The molecule has 0 atom stereocenters. The van der Waals surface area contributed by atoms with Gasteiger partial charge >= 0.3 is 6.18 Å². The largest absolute Gasteiger partial charge is 0.433 e. The fourth-order valence-electron chi connectivity index (χ4n) is 3.78. The molecule has 3 heterocycles. The SMILES string of the molecule is N=C(/C(=C\N)c1cc(C(=O)N2CCCCC2)c2c(ccc3[nH]ncc32)n1)C(F)(F)F. The molecule has 3 aromatic rings. The van der Waals surface area contributed by atoms with Crippen LogP contribution in [0.4, 0.5) is 13.2 Å². The maximum Gasteiger partial charge on any atom is 0.433 e. The highest BCUT2D eigenvalue weighted by atomic mass is 19.4. The molecule has 0 bridgehead atoms. The van der Waals surface area contributed by atoms with Crippen molar-refractivity contribution >= 4 is 39.0 Å². The van der Waals surface area contributed by atoms with Crippen LogP contribution in [0.3, 0.4) is 0 Å². The van der Waals surface area contributed by atoms with Gasteiger partial charge in [0.2, 0.25) is 0 Å². The van der Waals surface area contributed by atoms with Crippen LogP contribution in [0, 0.1) is 5.41 Å². The average Bonchev–Trinajstić information content (AvgIpc) is 3.22. The number of hydrogen-bond donors (Lipinski definition) is 3. The Morgan fingerprint density at radius 2 is 1.97 bits per heavy atom. The van der Waals surface area contributed by atoms with Crippen molar-refractivity contribution in [1.29, 1.82) is 5.41 Å². The van der Waals surface area contributed by atoms with E-state index in [9.17, 15) is 18.0 Å². The topological polar surface area (TPSA) is 112 Å². The number of benzene rings is 1. The van der Waals surface area contributed by atoms with Crippen molar-refractivity contribution in [3.8, 4) is 0 Å². The van der Waals surface area contributed by atoms with Gasteiger partial charge in [-0.1, -0.05) is 0 Å². The third-order valence-electron chi connectivity index (χ3n) is 5.26. The summed E-state index contributed by atoms with van der Waals surface area (Å²) in [5, 5.41) is 15.5. The molecule has 30 heavy (non-hydrogen) atoms. The number of carbonyl (C=O) groups excluding carboxylic acids is 1. The number of aromatic nitrogens is 3. The highest BCUT2D eigenvalue weighted by molar-refractivity contribution is 6.25. The number of aromatic amines is 1. The van der Waals surface area contributed by atoms with E-state index in [1.807, 2.05) is 0 Å². The summed E-state index contributed by atoms with van der Waals surface area (Å²) in [5.41, 5.74) is 4.31. The van der Waals surface area contributed by atoms with Crippen LogP contribution in [0.25, 0.3) is 27.4 Å². The highest BCUT2D eigenvalue weighted by Gasteiger charge is 2.38. The number of halogens is 3. The Hall–Kier alpha value is -3.43. The highest BCUT2D eigenvalue weighted by Crippen LogP contribution is 2.32. The van der Waals surface area contributed by atoms with Crippen LogP contribution in [0.1, 0.15) is 35.3 Å².